The van der Waals surface area contributed by atoms with E-state index in [1.54, 1.807) is 13.0 Å². The van der Waals surface area contributed by atoms with Gasteiger partial charge in [0.25, 0.3) is 7.82 Å². The van der Waals surface area contributed by atoms with Crippen LogP contribution in [0.4, 0.5) is 0 Å². The Morgan fingerprint density at radius 2 is 1.10 bits per heavy atom. The van der Waals surface area contributed by atoms with Gasteiger partial charge in [0.1, 0.15) is 13.2 Å². The predicted octanol–water partition coefficient (Wildman–Crippen LogP) is 10.1. The molecule has 0 aromatic carbocycles. The van der Waals surface area contributed by atoms with E-state index >= 15 is 0 Å². The molecule has 8 nitrogen and oxygen atoms in total. The first-order valence-electron chi connectivity index (χ1n) is 20.4. The largest absolute Gasteiger partial charge is 0.756 e. The molecule has 0 heterocycles. The number of hydrogen-bond acceptors (Lipinski definition) is 6. The summed E-state index contributed by atoms with van der Waals surface area (Å²) in [5.41, 5.74) is 0. The van der Waals surface area contributed by atoms with Crippen molar-refractivity contribution in [3.63, 3.8) is 0 Å². The molecule has 9 heteroatoms. The average Bonchev–Trinajstić information content (AvgIpc) is 3.06. The fourth-order valence-corrected chi connectivity index (χ4v) is 6.28. The molecule has 2 N–H and O–H groups in total. The van der Waals surface area contributed by atoms with Crippen LogP contribution >= 0.6 is 7.82 Å². The Hall–Kier alpha value is -1.28. The molecule has 0 radical (unpaired) electrons. The Morgan fingerprint density at radius 3 is 1.54 bits per heavy atom. The SMILES string of the molecule is CCCCCCCCCCCCCCCCCCCC/C=C/CC/C=C/CC/C=C/C(O)C(COP(=O)([O-])OCC[N+](C)(C)C)NC(=O)CC. The maximum absolute atomic E-state index is 12.1. The second kappa shape index (κ2) is 33.5. The number of carbonyl (C=O) groups excluding carboxylic acids is 1. The molecule has 0 aromatic heterocycles. The zero-order chi connectivity index (χ0) is 37.2. The monoisotopic (exact) mass is 727 g/mol. The van der Waals surface area contributed by atoms with E-state index in [0.717, 1.165) is 25.7 Å². The van der Waals surface area contributed by atoms with Crippen molar-refractivity contribution in [2.75, 3.05) is 40.9 Å². The third-order valence-corrected chi connectivity index (χ3v) is 9.86. The minimum Gasteiger partial charge on any atom is -0.756 e. The molecule has 3 unspecified atom stereocenters. The maximum Gasteiger partial charge on any atom is 0.268 e. The summed E-state index contributed by atoms with van der Waals surface area (Å²) in [6, 6.07) is -0.903. The lowest BCUT2D eigenvalue weighted by atomic mass is 10.0. The van der Waals surface area contributed by atoms with Crippen LogP contribution in [-0.2, 0) is 18.4 Å². The summed E-state index contributed by atoms with van der Waals surface area (Å²) in [7, 11) is 1.22. The molecule has 0 bridgehead atoms. The highest BCUT2D eigenvalue weighted by molar-refractivity contribution is 7.45. The molecule has 0 aliphatic rings. The van der Waals surface area contributed by atoms with Crippen LogP contribution in [0.15, 0.2) is 36.5 Å². The van der Waals surface area contributed by atoms with Crippen molar-refractivity contribution in [2.45, 2.75) is 180 Å². The summed E-state index contributed by atoms with van der Waals surface area (Å²) >= 11 is 0. The second-order valence-corrected chi connectivity index (χ2v) is 16.3. The van der Waals surface area contributed by atoms with Crippen LogP contribution < -0.4 is 10.2 Å². The summed E-state index contributed by atoms with van der Waals surface area (Å²) in [6.45, 7) is 4.04. The van der Waals surface area contributed by atoms with Gasteiger partial charge in [0, 0.05) is 6.42 Å². The highest BCUT2D eigenvalue weighted by Gasteiger charge is 2.22. The number of likely N-dealkylation sites (N-methyl/N-ethyl adjacent to an activating group) is 1. The molecular formula is C41H79N2O6P. The number of aliphatic hydroxyl groups is 1. The van der Waals surface area contributed by atoms with Crippen molar-refractivity contribution in [1.29, 1.82) is 0 Å². The van der Waals surface area contributed by atoms with E-state index in [0.29, 0.717) is 11.0 Å². The zero-order valence-electron chi connectivity index (χ0n) is 33.1. The maximum atomic E-state index is 12.1. The van der Waals surface area contributed by atoms with Gasteiger partial charge >= 0.3 is 0 Å². The van der Waals surface area contributed by atoms with Crippen molar-refractivity contribution >= 4 is 13.7 Å². The van der Waals surface area contributed by atoms with Crippen LogP contribution in [0.3, 0.4) is 0 Å². The first-order chi connectivity index (χ1) is 24.0. The molecule has 0 aliphatic carbocycles. The molecule has 0 fully saturated rings. The third kappa shape index (κ3) is 35.1. The van der Waals surface area contributed by atoms with Gasteiger partial charge in [-0.25, -0.2) is 0 Å². The Bertz CT molecular complexity index is 917. The minimum atomic E-state index is -4.56. The lowest BCUT2D eigenvalue weighted by Gasteiger charge is -2.29. The van der Waals surface area contributed by atoms with Gasteiger partial charge in [0.2, 0.25) is 5.91 Å². The Labute approximate surface area is 308 Å². The number of allylic oxidation sites excluding steroid dienone is 5. The molecule has 0 rings (SSSR count). The van der Waals surface area contributed by atoms with Crippen molar-refractivity contribution < 1.29 is 32.9 Å². The van der Waals surface area contributed by atoms with Crippen LogP contribution in [0.5, 0.6) is 0 Å². The first-order valence-corrected chi connectivity index (χ1v) is 21.8. The van der Waals surface area contributed by atoms with Gasteiger partial charge in [-0.15, -0.1) is 0 Å². The fraction of sp³-hybridized carbons (Fsp3) is 0.829. The van der Waals surface area contributed by atoms with Gasteiger partial charge < -0.3 is 28.8 Å². The number of phosphoric acid groups is 1. The molecule has 50 heavy (non-hydrogen) atoms. The van der Waals surface area contributed by atoms with Crippen LogP contribution in [0.25, 0.3) is 0 Å². The van der Waals surface area contributed by atoms with Crippen LogP contribution in [-0.4, -0.2) is 68.5 Å². The first kappa shape index (κ1) is 48.7. The number of unbranched alkanes of at least 4 members (excludes halogenated alkanes) is 20. The lowest BCUT2D eigenvalue weighted by Crippen LogP contribution is -2.45. The highest BCUT2D eigenvalue weighted by Crippen LogP contribution is 2.38. The summed E-state index contributed by atoms with van der Waals surface area (Å²) in [5, 5.41) is 13.2. The van der Waals surface area contributed by atoms with Gasteiger partial charge in [-0.05, 0) is 38.5 Å². The minimum absolute atomic E-state index is 0.0117. The van der Waals surface area contributed by atoms with Crippen molar-refractivity contribution in [2.24, 2.45) is 0 Å². The second-order valence-electron chi connectivity index (χ2n) is 14.9. The number of phosphoric ester groups is 1. The molecule has 0 saturated heterocycles. The molecule has 294 valence electrons. The number of nitrogens with one attached hydrogen (secondary N) is 1. The van der Waals surface area contributed by atoms with E-state index in [4.69, 9.17) is 9.05 Å². The quantitative estimate of drug-likeness (QED) is 0.0288. The Morgan fingerprint density at radius 1 is 0.680 bits per heavy atom. The lowest BCUT2D eigenvalue weighted by molar-refractivity contribution is -0.870. The van der Waals surface area contributed by atoms with Crippen molar-refractivity contribution in [3.8, 4) is 0 Å². The van der Waals surface area contributed by atoms with E-state index < -0.39 is 26.6 Å². The van der Waals surface area contributed by atoms with Crippen molar-refractivity contribution in [1.82, 2.24) is 5.32 Å². The fourth-order valence-electron chi connectivity index (χ4n) is 5.56. The van der Waals surface area contributed by atoms with Gasteiger partial charge in [0.05, 0.1) is 39.9 Å². The van der Waals surface area contributed by atoms with Crippen LogP contribution in [0.1, 0.15) is 168 Å². The van der Waals surface area contributed by atoms with Crippen LogP contribution in [0.2, 0.25) is 0 Å². The standard InChI is InChI=1S/C41H79N2O6P/c1-6-8-9-10-11-12-13-14-15-16-17-18-19-20-21-22-23-24-25-26-27-28-29-30-31-32-33-34-35-40(44)39(42-41(45)7-2)38-49-50(46,47)48-37-36-43(3,4)5/h26-27,30-31,34-35,39-40,44H,6-25,28-29,32-33,36-38H2,1-5H3,(H-,42,45,46,47)/b27-26+,31-30+,35-34+. The number of carbonyl (C=O) groups is 1. The van der Waals surface area contributed by atoms with Gasteiger partial charge in [-0.1, -0.05) is 159 Å². The van der Waals surface area contributed by atoms with Gasteiger partial charge in [-0.2, -0.15) is 0 Å². The summed E-state index contributed by atoms with van der Waals surface area (Å²) < 4.78 is 22.6. The van der Waals surface area contributed by atoms with E-state index in [1.807, 2.05) is 27.2 Å². The van der Waals surface area contributed by atoms with Crippen LogP contribution in [0, 0.1) is 0 Å². The van der Waals surface area contributed by atoms with E-state index in [1.165, 1.54) is 122 Å². The third-order valence-electron chi connectivity index (χ3n) is 8.89. The van der Waals surface area contributed by atoms with E-state index in [2.05, 4.69) is 36.5 Å². The summed E-state index contributed by atoms with van der Waals surface area (Å²) in [6.07, 6.45) is 41.7. The van der Waals surface area contributed by atoms with Gasteiger partial charge in [0.15, 0.2) is 0 Å². The van der Waals surface area contributed by atoms with Crippen molar-refractivity contribution in [3.05, 3.63) is 36.5 Å². The highest BCUT2D eigenvalue weighted by atomic mass is 31.2. The topological polar surface area (TPSA) is 108 Å². The number of hydrogen-bond donors (Lipinski definition) is 2. The molecular weight excluding hydrogens is 647 g/mol. The normalized spacial score (nSPS) is 14.9. The molecule has 3 atom stereocenters. The van der Waals surface area contributed by atoms with E-state index in [9.17, 15) is 19.4 Å². The smallest absolute Gasteiger partial charge is 0.268 e. The summed E-state index contributed by atoms with van der Waals surface area (Å²) in [5.74, 6) is -0.301. The molecule has 0 spiro atoms. The van der Waals surface area contributed by atoms with Gasteiger partial charge in [-0.3, -0.25) is 9.36 Å². The average molecular weight is 727 g/mol. The molecule has 1 amide bonds. The number of aliphatic hydroxyl groups excluding tert-OH is 1. The Balaban J connectivity index is 3.85. The predicted molar refractivity (Wildman–Crippen MR) is 210 cm³/mol. The number of nitrogens with zero attached hydrogens (tertiary/aromatic N) is 1. The van der Waals surface area contributed by atoms with E-state index in [-0.39, 0.29) is 18.9 Å². The summed E-state index contributed by atoms with van der Waals surface area (Å²) in [4.78, 5) is 24.1. The number of rotatable bonds is 36. The zero-order valence-corrected chi connectivity index (χ0v) is 34.0. The Kier molecular flexibility index (Phi) is 32.7. The number of amides is 1. The number of quaternary nitrogens is 1. The molecule has 0 saturated carbocycles. The molecule has 0 aliphatic heterocycles. The molecule has 0 aromatic rings.